The number of amides is 4. The molecule has 13 nitrogen and oxygen atoms in total. The van der Waals surface area contributed by atoms with E-state index in [1.165, 1.54) is 41.7 Å². The Morgan fingerprint density at radius 1 is 0.639 bits per heavy atom. The van der Waals surface area contributed by atoms with E-state index in [4.69, 9.17) is 23.2 Å². The molecule has 0 spiro atoms. The Morgan fingerprint density at radius 2 is 1.26 bits per heavy atom. The van der Waals surface area contributed by atoms with E-state index >= 15 is 0 Å². The molecular weight excluding hydrogens is 843 g/mol. The van der Waals surface area contributed by atoms with Gasteiger partial charge in [0.05, 0.1) is 12.0 Å². The predicted molar refractivity (Wildman–Crippen MR) is 231 cm³/mol. The summed E-state index contributed by atoms with van der Waals surface area (Å²) in [6.45, 7) is 0. The normalized spacial score (nSPS) is 22.0. The van der Waals surface area contributed by atoms with Gasteiger partial charge in [0.15, 0.2) is 18.0 Å². The highest BCUT2D eigenvalue weighted by atomic mass is 35.5. The number of anilines is 1. The monoisotopic (exact) mass is 884 g/mol. The van der Waals surface area contributed by atoms with Gasteiger partial charge >= 0.3 is 5.97 Å². The molecule has 316 valence electrons. The van der Waals surface area contributed by atoms with Crippen molar-refractivity contribution in [1.82, 2.24) is 16.0 Å². The van der Waals surface area contributed by atoms with Crippen molar-refractivity contribution in [3.63, 3.8) is 0 Å². The number of benzene rings is 4. The van der Waals surface area contributed by atoms with E-state index in [-0.39, 0.29) is 36.4 Å². The number of carbonyl (C=O) groups excluding carboxylic acids is 5. The standard InChI is InChI=1S/C45H42Cl2N4O9S/c46-31-15-14-29(34(47)23-31)21-35-38(52)22-30(45(59)60)19-25-10-16-32(17-11-25)48-43(57)39(53)40(54)44(58)51-37(24-33-7-4-18-61-33)42(56)50-36(41(55)49-35)20-26-8-12-28(13-9-26)27-5-2-1-3-6-27/h1-18,23,30,35-37,39-40,53-54H,19-22,24H2,(H,48,57)(H,49,55)(H,50,56)(H,51,58)(H,59,60)/t30-,35-,36+,37-,39-,40-/m1/s1. The van der Waals surface area contributed by atoms with Crippen LogP contribution < -0.4 is 21.3 Å². The van der Waals surface area contributed by atoms with Crippen LogP contribution in [0.3, 0.4) is 0 Å². The molecule has 3 heterocycles. The lowest BCUT2D eigenvalue weighted by molar-refractivity contribution is -0.145. The molecule has 5 aromatic rings. The van der Waals surface area contributed by atoms with E-state index in [2.05, 4.69) is 21.3 Å². The van der Waals surface area contributed by atoms with Crippen molar-refractivity contribution in [2.45, 2.75) is 62.4 Å². The van der Waals surface area contributed by atoms with Crippen LogP contribution in [0.25, 0.3) is 11.1 Å². The molecule has 7 rings (SSSR count). The van der Waals surface area contributed by atoms with Gasteiger partial charge in [-0.15, -0.1) is 11.3 Å². The predicted octanol–water partition coefficient (Wildman–Crippen LogP) is 4.78. The van der Waals surface area contributed by atoms with E-state index in [1.54, 1.807) is 41.8 Å². The number of nitrogens with one attached hydrogen (secondary N) is 4. The summed E-state index contributed by atoms with van der Waals surface area (Å²) >= 11 is 14.0. The van der Waals surface area contributed by atoms with Crippen molar-refractivity contribution < 1.29 is 44.1 Å². The van der Waals surface area contributed by atoms with Gasteiger partial charge in [-0.3, -0.25) is 28.8 Å². The molecule has 0 unspecified atom stereocenters. The maximum Gasteiger partial charge on any atom is 0.307 e. The molecule has 2 bridgehead atoms. The molecule has 0 aliphatic carbocycles. The van der Waals surface area contributed by atoms with Crippen LogP contribution in [0.2, 0.25) is 10.0 Å². The number of Topliss-reactive ketones (excluding diaryl/α,β-unsaturated/α-hetero) is 1. The maximum atomic E-state index is 14.5. The van der Waals surface area contributed by atoms with Gasteiger partial charge in [-0.05, 0) is 69.9 Å². The van der Waals surface area contributed by atoms with Gasteiger partial charge in [0.2, 0.25) is 11.8 Å². The lowest BCUT2D eigenvalue weighted by Gasteiger charge is -2.27. The smallest absolute Gasteiger partial charge is 0.307 e. The van der Waals surface area contributed by atoms with Crippen LogP contribution >= 0.6 is 34.5 Å². The summed E-state index contributed by atoms with van der Waals surface area (Å²) in [5.74, 6) is -7.15. The van der Waals surface area contributed by atoms with Crippen LogP contribution in [0.4, 0.5) is 5.69 Å². The second-order valence-corrected chi connectivity index (χ2v) is 16.5. The number of aliphatic carboxylic acids is 1. The molecule has 4 aromatic carbocycles. The van der Waals surface area contributed by atoms with Crippen LogP contribution in [0.5, 0.6) is 0 Å². The summed E-state index contributed by atoms with van der Waals surface area (Å²) in [7, 11) is 0. The van der Waals surface area contributed by atoms with Gasteiger partial charge in [-0.2, -0.15) is 0 Å². The second kappa shape index (κ2) is 20.6. The second-order valence-electron chi connectivity index (χ2n) is 14.7. The molecule has 2 aliphatic heterocycles. The lowest BCUT2D eigenvalue weighted by atomic mass is 9.90. The molecule has 0 fully saturated rings. The third-order valence-corrected chi connectivity index (χ3v) is 11.7. The fraction of sp³-hybridized carbons (Fsp3) is 0.244. The van der Waals surface area contributed by atoms with Crippen molar-refractivity contribution in [2.24, 2.45) is 5.92 Å². The van der Waals surface area contributed by atoms with E-state index in [0.717, 1.165) is 11.1 Å². The Hall–Kier alpha value is -5.90. The highest BCUT2D eigenvalue weighted by molar-refractivity contribution is 7.09. The molecule has 0 saturated carbocycles. The summed E-state index contributed by atoms with van der Waals surface area (Å²) in [5, 5.41) is 44.4. The first-order valence-electron chi connectivity index (χ1n) is 19.3. The summed E-state index contributed by atoms with van der Waals surface area (Å²) in [5.41, 5.74) is 3.56. The zero-order chi connectivity index (χ0) is 43.6. The third kappa shape index (κ3) is 12.1. The number of rotatable bonds is 8. The molecule has 0 saturated heterocycles. The number of fused-ring (bicyclic) bond motifs is 18. The van der Waals surface area contributed by atoms with E-state index < -0.39 is 78.1 Å². The molecule has 61 heavy (non-hydrogen) atoms. The third-order valence-electron chi connectivity index (χ3n) is 10.2. The molecular formula is C45H42Cl2N4O9S. The van der Waals surface area contributed by atoms with Crippen molar-refractivity contribution >= 4 is 75.6 Å². The Labute approximate surface area is 365 Å². The number of carboxylic acid groups (broad SMARTS) is 1. The number of carbonyl (C=O) groups is 6. The van der Waals surface area contributed by atoms with Crippen LogP contribution in [-0.4, -0.2) is 81.0 Å². The van der Waals surface area contributed by atoms with Crippen molar-refractivity contribution in [3.8, 4) is 11.1 Å². The zero-order valence-corrected chi connectivity index (χ0v) is 34.8. The van der Waals surface area contributed by atoms with Crippen molar-refractivity contribution in [2.75, 3.05) is 5.32 Å². The van der Waals surface area contributed by atoms with E-state index in [9.17, 15) is 44.1 Å². The van der Waals surface area contributed by atoms with Gasteiger partial charge in [-0.25, -0.2) is 0 Å². The largest absolute Gasteiger partial charge is 0.481 e. The molecule has 7 N–H and O–H groups in total. The van der Waals surface area contributed by atoms with Gasteiger partial charge in [0.25, 0.3) is 11.8 Å². The molecule has 2 aliphatic rings. The van der Waals surface area contributed by atoms with Crippen LogP contribution in [0, 0.1) is 5.92 Å². The van der Waals surface area contributed by atoms with Gasteiger partial charge in [0.1, 0.15) is 12.1 Å². The number of carboxylic acids is 1. The SMILES string of the molecule is O=C(O)[C@H]1CC(=O)[C@@H](Cc2ccc(Cl)cc2Cl)NC(=O)[C@H](Cc2ccc(-c3ccccc3)cc2)NC(=O)[C@@H](Cc2cccs2)NC(=O)[C@H](O)[C@@H](O)C(=O)Nc2ccc(cc2)C1. The quantitative estimate of drug-likeness (QED) is 0.107. The fourth-order valence-electron chi connectivity index (χ4n) is 6.85. The molecule has 1 aromatic heterocycles. The first kappa shape index (κ1) is 44.6. The minimum Gasteiger partial charge on any atom is -0.481 e. The number of hydrogen-bond acceptors (Lipinski definition) is 9. The van der Waals surface area contributed by atoms with Crippen molar-refractivity contribution in [1.29, 1.82) is 0 Å². The topological polar surface area (TPSA) is 211 Å². The zero-order valence-electron chi connectivity index (χ0n) is 32.4. The Kier molecular flexibility index (Phi) is 15.1. The van der Waals surface area contributed by atoms with E-state index in [1.807, 2.05) is 42.5 Å². The van der Waals surface area contributed by atoms with Gasteiger partial charge in [-0.1, -0.05) is 102 Å². The van der Waals surface area contributed by atoms with Crippen LogP contribution in [0.1, 0.15) is 28.0 Å². The summed E-state index contributed by atoms with van der Waals surface area (Å²) in [6.07, 6.45) is -5.51. The number of hydrogen-bond donors (Lipinski definition) is 7. The average molecular weight is 886 g/mol. The van der Waals surface area contributed by atoms with Gasteiger partial charge in [0, 0.05) is 46.3 Å². The summed E-state index contributed by atoms with van der Waals surface area (Å²) in [6, 6.07) is 26.7. The summed E-state index contributed by atoms with van der Waals surface area (Å²) < 4.78 is 0. The Balaban J connectivity index is 1.39. The lowest BCUT2D eigenvalue weighted by Crippen LogP contribution is -2.59. The number of ketones is 1. The van der Waals surface area contributed by atoms with Crippen molar-refractivity contribution in [3.05, 3.63) is 146 Å². The highest BCUT2D eigenvalue weighted by Crippen LogP contribution is 2.25. The van der Waals surface area contributed by atoms with Crippen LogP contribution in [0.15, 0.2) is 115 Å². The minimum atomic E-state index is -2.31. The number of aliphatic hydroxyl groups excluding tert-OH is 2. The maximum absolute atomic E-state index is 14.5. The molecule has 6 atom stereocenters. The Morgan fingerprint density at radius 3 is 1.90 bits per heavy atom. The van der Waals surface area contributed by atoms with Gasteiger partial charge < -0.3 is 36.6 Å². The first-order chi connectivity index (χ1) is 29.2. The first-order valence-corrected chi connectivity index (χ1v) is 20.9. The summed E-state index contributed by atoms with van der Waals surface area (Å²) in [4.78, 5) is 82.6. The number of aliphatic hydroxyl groups is 2. The number of halogens is 2. The average Bonchev–Trinajstić information content (AvgIpc) is 3.77. The Bertz CT molecular complexity index is 2360. The minimum absolute atomic E-state index is 0.0932. The fourth-order valence-corrected chi connectivity index (χ4v) is 8.08. The molecule has 0 radical (unpaired) electrons. The van der Waals surface area contributed by atoms with E-state index in [0.29, 0.717) is 26.6 Å². The number of thiophene rings is 1. The van der Waals surface area contributed by atoms with Crippen LogP contribution in [-0.2, 0) is 54.5 Å². The highest BCUT2D eigenvalue weighted by Gasteiger charge is 2.36. The molecule has 4 amide bonds. The molecule has 16 heteroatoms.